The van der Waals surface area contributed by atoms with Gasteiger partial charge >= 0.3 is 5.97 Å². The number of aryl methyl sites for hydroxylation is 2. The lowest BCUT2D eigenvalue weighted by Crippen LogP contribution is -2.37. The van der Waals surface area contributed by atoms with E-state index in [1.165, 1.54) is 0 Å². The number of hydrogen-bond acceptors (Lipinski definition) is 4. The second kappa shape index (κ2) is 9.70. The first-order chi connectivity index (χ1) is 11.3. The number of nitrogens with one attached hydrogen (secondary N) is 2. The lowest BCUT2D eigenvalue weighted by atomic mass is 10.1. The Hall–Kier alpha value is -2.37. The molecule has 6 heteroatoms. The molecule has 2 amide bonds. The Morgan fingerprint density at radius 1 is 1.17 bits per heavy atom. The average molecular weight is 334 g/mol. The van der Waals surface area contributed by atoms with Crippen LogP contribution in [0.15, 0.2) is 18.2 Å². The van der Waals surface area contributed by atoms with Gasteiger partial charge in [-0.25, -0.2) is 0 Å². The molecule has 24 heavy (non-hydrogen) atoms. The Kier molecular flexibility index (Phi) is 7.95. The van der Waals surface area contributed by atoms with Crippen LogP contribution in [0.5, 0.6) is 0 Å². The summed E-state index contributed by atoms with van der Waals surface area (Å²) in [7, 11) is 0. The summed E-state index contributed by atoms with van der Waals surface area (Å²) in [5, 5.41) is 5.22. The van der Waals surface area contributed by atoms with Gasteiger partial charge in [-0.3, -0.25) is 14.4 Å². The van der Waals surface area contributed by atoms with Crippen molar-refractivity contribution >= 4 is 17.8 Å². The van der Waals surface area contributed by atoms with Crippen LogP contribution in [0.25, 0.3) is 0 Å². The number of ether oxygens (including phenoxy) is 1. The van der Waals surface area contributed by atoms with Gasteiger partial charge in [-0.1, -0.05) is 19.4 Å². The van der Waals surface area contributed by atoms with Crippen molar-refractivity contribution < 1.29 is 19.1 Å². The van der Waals surface area contributed by atoms with Gasteiger partial charge < -0.3 is 15.4 Å². The molecular weight excluding hydrogens is 308 g/mol. The van der Waals surface area contributed by atoms with Crippen LogP contribution >= 0.6 is 0 Å². The molecule has 132 valence electrons. The smallest absolute Gasteiger partial charge is 0.325 e. The molecular formula is C18H26N2O4. The van der Waals surface area contributed by atoms with E-state index >= 15 is 0 Å². The second-order valence-corrected chi connectivity index (χ2v) is 5.90. The van der Waals surface area contributed by atoms with Crippen LogP contribution in [-0.4, -0.2) is 37.0 Å². The standard InChI is InChI=1S/C18H26N2O4/c1-5-6-14(4)20-16(21)11-24-17(22)10-19-18(23)15-8-7-12(2)13(3)9-15/h7-9,14H,5-6,10-11H2,1-4H3,(H,19,23)(H,20,21)/t14-/m0/s1. The molecule has 1 aromatic carbocycles. The minimum atomic E-state index is -0.648. The van der Waals surface area contributed by atoms with Gasteiger partial charge in [0, 0.05) is 11.6 Å². The van der Waals surface area contributed by atoms with Gasteiger partial charge in [0.2, 0.25) is 0 Å². The van der Waals surface area contributed by atoms with E-state index in [9.17, 15) is 14.4 Å². The molecule has 0 fully saturated rings. The molecule has 0 radical (unpaired) electrons. The van der Waals surface area contributed by atoms with Crippen molar-refractivity contribution in [3.8, 4) is 0 Å². The molecule has 0 heterocycles. The van der Waals surface area contributed by atoms with Crippen LogP contribution in [0.4, 0.5) is 0 Å². The lowest BCUT2D eigenvalue weighted by Gasteiger charge is -2.13. The summed E-state index contributed by atoms with van der Waals surface area (Å²) in [6, 6.07) is 5.36. The number of rotatable bonds is 8. The average Bonchev–Trinajstić information content (AvgIpc) is 2.53. The fourth-order valence-electron chi connectivity index (χ4n) is 2.16. The van der Waals surface area contributed by atoms with Gasteiger partial charge in [-0.05, 0) is 50.5 Å². The predicted molar refractivity (Wildman–Crippen MR) is 91.7 cm³/mol. The zero-order valence-electron chi connectivity index (χ0n) is 14.8. The molecule has 0 aromatic heterocycles. The second-order valence-electron chi connectivity index (χ2n) is 5.90. The van der Waals surface area contributed by atoms with E-state index < -0.39 is 5.97 Å². The highest BCUT2D eigenvalue weighted by molar-refractivity contribution is 5.96. The Morgan fingerprint density at radius 3 is 2.50 bits per heavy atom. The highest BCUT2D eigenvalue weighted by Crippen LogP contribution is 2.09. The quantitative estimate of drug-likeness (QED) is 0.711. The molecule has 0 unspecified atom stereocenters. The van der Waals surface area contributed by atoms with Gasteiger partial charge in [-0.15, -0.1) is 0 Å². The van der Waals surface area contributed by atoms with Crippen LogP contribution in [0.1, 0.15) is 48.2 Å². The Morgan fingerprint density at radius 2 is 1.88 bits per heavy atom. The third-order valence-corrected chi connectivity index (χ3v) is 3.66. The van der Waals surface area contributed by atoms with E-state index in [0.29, 0.717) is 5.56 Å². The number of esters is 1. The summed E-state index contributed by atoms with van der Waals surface area (Å²) in [6.45, 7) is 7.18. The summed E-state index contributed by atoms with van der Waals surface area (Å²) in [6.07, 6.45) is 1.83. The van der Waals surface area contributed by atoms with Gasteiger partial charge in [-0.2, -0.15) is 0 Å². The van der Waals surface area contributed by atoms with E-state index in [0.717, 1.165) is 24.0 Å². The summed E-state index contributed by atoms with van der Waals surface area (Å²) >= 11 is 0. The number of benzene rings is 1. The van der Waals surface area contributed by atoms with Crippen molar-refractivity contribution in [2.45, 2.75) is 46.6 Å². The molecule has 6 nitrogen and oxygen atoms in total. The third kappa shape index (κ3) is 6.81. The molecule has 0 aliphatic heterocycles. The Labute approximate surface area is 143 Å². The first kappa shape index (κ1) is 19.7. The Bertz CT molecular complexity index is 599. The van der Waals surface area contributed by atoms with Crippen LogP contribution in [0.3, 0.4) is 0 Å². The number of carbonyl (C=O) groups is 3. The minimum absolute atomic E-state index is 0.0469. The molecule has 0 spiro atoms. The van der Waals surface area contributed by atoms with Crippen molar-refractivity contribution in [2.75, 3.05) is 13.2 Å². The molecule has 1 aromatic rings. The molecule has 1 atom stereocenters. The summed E-state index contributed by atoms with van der Waals surface area (Å²) in [5.74, 6) is -1.34. The van der Waals surface area contributed by atoms with E-state index in [4.69, 9.17) is 4.74 Å². The highest BCUT2D eigenvalue weighted by atomic mass is 16.5. The fourth-order valence-corrected chi connectivity index (χ4v) is 2.16. The van der Waals surface area contributed by atoms with Crippen LogP contribution in [0.2, 0.25) is 0 Å². The van der Waals surface area contributed by atoms with Gasteiger partial charge in [0.25, 0.3) is 11.8 Å². The van der Waals surface area contributed by atoms with E-state index in [1.807, 2.05) is 33.8 Å². The highest BCUT2D eigenvalue weighted by Gasteiger charge is 2.12. The van der Waals surface area contributed by atoms with Crippen LogP contribution in [-0.2, 0) is 14.3 Å². The monoisotopic (exact) mass is 334 g/mol. The number of hydrogen-bond donors (Lipinski definition) is 2. The zero-order valence-corrected chi connectivity index (χ0v) is 14.8. The van der Waals surface area contributed by atoms with Crippen molar-refractivity contribution in [1.82, 2.24) is 10.6 Å². The summed E-state index contributed by atoms with van der Waals surface area (Å²) < 4.78 is 4.85. The minimum Gasteiger partial charge on any atom is -0.454 e. The fraction of sp³-hybridized carbons (Fsp3) is 0.500. The van der Waals surface area contributed by atoms with E-state index in [2.05, 4.69) is 10.6 Å². The first-order valence-corrected chi connectivity index (χ1v) is 8.14. The predicted octanol–water partition coefficient (Wildman–Crippen LogP) is 1.88. The zero-order chi connectivity index (χ0) is 18.1. The number of amides is 2. The first-order valence-electron chi connectivity index (χ1n) is 8.14. The summed E-state index contributed by atoms with van der Waals surface area (Å²) in [5.41, 5.74) is 2.58. The van der Waals surface area contributed by atoms with Crippen LogP contribution < -0.4 is 10.6 Å². The molecule has 0 bridgehead atoms. The van der Waals surface area contributed by atoms with Crippen LogP contribution in [0, 0.1) is 13.8 Å². The van der Waals surface area contributed by atoms with E-state index in [1.54, 1.807) is 12.1 Å². The normalized spacial score (nSPS) is 11.5. The van der Waals surface area contributed by atoms with Gasteiger partial charge in [0.05, 0.1) is 0 Å². The number of carbonyl (C=O) groups excluding carboxylic acids is 3. The van der Waals surface area contributed by atoms with Crippen molar-refractivity contribution in [3.63, 3.8) is 0 Å². The topological polar surface area (TPSA) is 84.5 Å². The Balaban J connectivity index is 2.34. The molecule has 1 rings (SSSR count). The maximum atomic E-state index is 12.0. The SMILES string of the molecule is CCC[C@H](C)NC(=O)COC(=O)CNC(=O)c1ccc(C)c(C)c1. The lowest BCUT2D eigenvalue weighted by molar-refractivity contribution is -0.147. The maximum Gasteiger partial charge on any atom is 0.325 e. The largest absolute Gasteiger partial charge is 0.454 e. The molecule has 2 N–H and O–H groups in total. The van der Waals surface area contributed by atoms with Crippen molar-refractivity contribution in [2.24, 2.45) is 0 Å². The van der Waals surface area contributed by atoms with Gasteiger partial charge in [0.15, 0.2) is 6.61 Å². The van der Waals surface area contributed by atoms with Gasteiger partial charge in [0.1, 0.15) is 6.54 Å². The van der Waals surface area contributed by atoms with Crippen molar-refractivity contribution in [1.29, 1.82) is 0 Å². The molecule has 0 saturated heterocycles. The molecule has 0 aliphatic rings. The third-order valence-electron chi connectivity index (χ3n) is 3.66. The molecule has 0 saturated carbocycles. The maximum absolute atomic E-state index is 12.0. The van der Waals surface area contributed by atoms with E-state index in [-0.39, 0.29) is 31.0 Å². The summed E-state index contributed by atoms with van der Waals surface area (Å²) in [4.78, 5) is 35.2. The molecule has 0 aliphatic carbocycles. The van der Waals surface area contributed by atoms with Crippen molar-refractivity contribution in [3.05, 3.63) is 34.9 Å².